The molecule has 33 heavy (non-hydrogen) atoms. The first-order valence-corrected chi connectivity index (χ1v) is 12.4. The number of benzene rings is 1. The third-order valence-electron chi connectivity index (χ3n) is 7.02. The van der Waals surface area contributed by atoms with Crippen LogP contribution in [-0.4, -0.2) is 82.4 Å². The van der Waals surface area contributed by atoms with Crippen molar-refractivity contribution in [2.24, 2.45) is 11.8 Å². The highest BCUT2D eigenvalue weighted by atomic mass is 16.5. The maximum atomic E-state index is 13.2. The molecule has 0 radical (unpaired) electrons. The summed E-state index contributed by atoms with van der Waals surface area (Å²) in [6.07, 6.45) is 5.11. The van der Waals surface area contributed by atoms with Crippen LogP contribution in [0.1, 0.15) is 36.0 Å². The van der Waals surface area contributed by atoms with Crippen LogP contribution in [0.4, 0.5) is 5.82 Å². The topological polar surface area (TPSA) is 69.7 Å². The minimum absolute atomic E-state index is 0.00602. The van der Waals surface area contributed by atoms with Crippen LogP contribution in [0.2, 0.25) is 0 Å². The van der Waals surface area contributed by atoms with Gasteiger partial charge in [-0.3, -0.25) is 4.79 Å². The molecule has 0 atom stereocenters. The lowest BCUT2D eigenvalue weighted by atomic mass is 9.82. The normalized spacial score (nSPS) is 21.4. The van der Waals surface area contributed by atoms with Crippen LogP contribution >= 0.6 is 0 Å². The van der Waals surface area contributed by atoms with E-state index in [4.69, 9.17) is 9.72 Å². The maximum absolute atomic E-state index is 13.2. The number of carbonyl (C=O) groups is 1. The summed E-state index contributed by atoms with van der Waals surface area (Å²) in [5.74, 6) is 2.22. The fraction of sp³-hybridized carbons (Fsp3) is 0.615. The van der Waals surface area contributed by atoms with Crippen LogP contribution in [0.15, 0.2) is 30.3 Å². The second-order valence-electron chi connectivity index (χ2n) is 9.90. The molecule has 2 N–H and O–H groups in total. The Bertz CT molecular complexity index is 920. The van der Waals surface area contributed by atoms with Crippen molar-refractivity contribution in [3.8, 4) is 0 Å². The van der Waals surface area contributed by atoms with Gasteiger partial charge in [0.25, 0.3) is 5.91 Å². The Labute approximate surface area is 197 Å². The van der Waals surface area contributed by atoms with E-state index in [1.165, 1.54) is 25.7 Å². The third kappa shape index (κ3) is 6.22. The Kier molecular flexibility index (Phi) is 8.17. The number of nitrogens with zero attached hydrogens (tertiary/aromatic N) is 3. The van der Waals surface area contributed by atoms with Gasteiger partial charge in [0.1, 0.15) is 5.82 Å². The van der Waals surface area contributed by atoms with E-state index in [1.54, 1.807) is 0 Å². The molecule has 1 aliphatic heterocycles. The molecule has 1 saturated heterocycles. The molecular formula is C26H39N5O2. The number of pyridine rings is 1. The Hall–Kier alpha value is -2.22. The maximum Gasteiger partial charge on any atom is 0.252 e. The van der Waals surface area contributed by atoms with Crippen molar-refractivity contribution >= 4 is 22.6 Å². The fourth-order valence-electron chi connectivity index (χ4n) is 4.90. The number of hydrogen-bond acceptors (Lipinski definition) is 6. The molecule has 2 heterocycles. The summed E-state index contributed by atoms with van der Waals surface area (Å²) in [4.78, 5) is 22.4. The average molecular weight is 454 g/mol. The molecule has 1 amide bonds. The number of fused-ring (bicyclic) bond motifs is 1. The van der Waals surface area contributed by atoms with Gasteiger partial charge in [0.05, 0.1) is 23.8 Å². The number of anilines is 1. The number of nitrogens with one attached hydrogen (secondary N) is 2. The van der Waals surface area contributed by atoms with Crippen molar-refractivity contribution in [1.29, 1.82) is 0 Å². The molecule has 1 aromatic heterocycles. The Morgan fingerprint density at radius 2 is 1.82 bits per heavy atom. The lowest BCUT2D eigenvalue weighted by Gasteiger charge is -2.40. The van der Waals surface area contributed by atoms with E-state index >= 15 is 0 Å². The zero-order chi connectivity index (χ0) is 23.2. The smallest absolute Gasteiger partial charge is 0.252 e. The van der Waals surface area contributed by atoms with Crippen LogP contribution in [0.5, 0.6) is 0 Å². The summed E-state index contributed by atoms with van der Waals surface area (Å²) in [5.41, 5.74) is 1.58. The summed E-state index contributed by atoms with van der Waals surface area (Å²) in [6, 6.07) is 9.89. The highest BCUT2D eigenvalue weighted by molar-refractivity contribution is 6.07. The summed E-state index contributed by atoms with van der Waals surface area (Å²) in [7, 11) is 6.13. The van der Waals surface area contributed by atoms with Gasteiger partial charge >= 0.3 is 0 Å². The van der Waals surface area contributed by atoms with E-state index in [9.17, 15) is 4.79 Å². The highest BCUT2D eigenvalue weighted by Gasteiger charge is 2.29. The SMILES string of the molecule is CNCC1CCC(CNC(=O)c2cc(N3CC(OCCN(C)C)C3)nc3ccccc23)CC1. The van der Waals surface area contributed by atoms with Crippen molar-refractivity contribution < 1.29 is 9.53 Å². The van der Waals surface area contributed by atoms with Crippen LogP contribution in [0.25, 0.3) is 10.9 Å². The van der Waals surface area contributed by atoms with Crippen molar-refractivity contribution in [3.63, 3.8) is 0 Å². The Balaban J connectivity index is 1.37. The predicted octanol–water partition coefficient (Wildman–Crippen LogP) is 2.76. The van der Waals surface area contributed by atoms with Gasteiger partial charge in [-0.1, -0.05) is 18.2 Å². The summed E-state index contributed by atoms with van der Waals surface area (Å²) in [6.45, 7) is 5.14. The van der Waals surface area contributed by atoms with Gasteiger partial charge in [0.15, 0.2) is 0 Å². The van der Waals surface area contributed by atoms with Crippen molar-refractivity contribution in [2.75, 3.05) is 65.4 Å². The van der Waals surface area contributed by atoms with Gasteiger partial charge in [-0.2, -0.15) is 0 Å². The molecule has 1 aromatic carbocycles. The molecule has 180 valence electrons. The number of carbonyl (C=O) groups excluding carboxylic acids is 1. The number of aromatic nitrogens is 1. The Morgan fingerprint density at radius 1 is 1.12 bits per heavy atom. The number of ether oxygens (including phenoxy) is 1. The number of hydrogen-bond donors (Lipinski definition) is 2. The molecule has 2 fully saturated rings. The summed E-state index contributed by atoms with van der Waals surface area (Å²) >= 11 is 0. The predicted molar refractivity (Wildman–Crippen MR) is 134 cm³/mol. The van der Waals surface area contributed by atoms with Gasteiger partial charge < -0.3 is 25.2 Å². The summed E-state index contributed by atoms with van der Waals surface area (Å²) in [5, 5.41) is 7.43. The van der Waals surface area contributed by atoms with E-state index in [0.29, 0.717) is 5.92 Å². The minimum Gasteiger partial charge on any atom is -0.373 e. The lowest BCUT2D eigenvalue weighted by molar-refractivity contribution is 0.0265. The first-order chi connectivity index (χ1) is 16.0. The zero-order valence-electron chi connectivity index (χ0n) is 20.3. The van der Waals surface area contributed by atoms with Crippen LogP contribution in [-0.2, 0) is 4.74 Å². The van der Waals surface area contributed by atoms with Crippen LogP contribution < -0.4 is 15.5 Å². The van der Waals surface area contributed by atoms with E-state index in [-0.39, 0.29) is 12.0 Å². The van der Waals surface area contributed by atoms with Crippen molar-refractivity contribution in [2.45, 2.75) is 31.8 Å². The third-order valence-corrected chi connectivity index (χ3v) is 7.02. The fourth-order valence-corrected chi connectivity index (χ4v) is 4.90. The molecule has 0 unspecified atom stereocenters. The second-order valence-corrected chi connectivity index (χ2v) is 9.90. The van der Waals surface area contributed by atoms with Crippen molar-refractivity contribution in [1.82, 2.24) is 20.5 Å². The molecule has 7 nitrogen and oxygen atoms in total. The molecule has 7 heteroatoms. The second kappa shape index (κ2) is 11.3. The quantitative estimate of drug-likeness (QED) is 0.577. The van der Waals surface area contributed by atoms with Gasteiger partial charge in [0, 0.05) is 31.6 Å². The number of para-hydroxylation sites is 1. The van der Waals surface area contributed by atoms with Gasteiger partial charge in [-0.05, 0) is 77.3 Å². The number of rotatable bonds is 10. The average Bonchev–Trinajstić information content (AvgIpc) is 2.79. The van der Waals surface area contributed by atoms with Gasteiger partial charge in [-0.15, -0.1) is 0 Å². The number of amides is 1. The van der Waals surface area contributed by atoms with Crippen LogP contribution in [0.3, 0.4) is 0 Å². The first kappa shape index (κ1) is 23.9. The highest BCUT2D eigenvalue weighted by Crippen LogP contribution is 2.29. The van der Waals surface area contributed by atoms with Crippen LogP contribution in [0, 0.1) is 11.8 Å². The molecule has 0 spiro atoms. The van der Waals surface area contributed by atoms with Gasteiger partial charge in [0.2, 0.25) is 0 Å². The Morgan fingerprint density at radius 3 is 2.52 bits per heavy atom. The molecule has 2 aromatic rings. The minimum atomic E-state index is 0.00602. The molecule has 2 aliphatic rings. The molecular weight excluding hydrogens is 414 g/mol. The summed E-state index contributed by atoms with van der Waals surface area (Å²) < 4.78 is 5.94. The molecule has 4 rings (SSSR count). The molecule has 1 aliphatic carbocycles. The number of likely N-dealkylation sites (N-methyl/N-ethyl adjacent to an activating group) is 1. The largest absolute Gasteiger partial charge is 0.373 e. The molecule has 1 saturated carbocycles. The first-order valence-electron chi connectivity index (χ1n) is 12.4. The van der Waals surface area contributed by atoms with Gasteiger partial charge in [-0.25, -0.2) is 4.98 Å². The lowest BCUT2D eigenvalue weighted by Crippen LogP contribution is -2.53. The van der Waals surface area contributed by atoms with E-state index < -0.39 is 0 Å². The van der Waals surface area contributed by atoms with E-state index in [1.807, 2.05) is 37.4 Å². The molecule has 0 bridgehead atoms. The van der Waals surface area contributed by atoms with Crippen molar-refractivity contribution in [3.05, 3.63) is 35.9 Å². The standard InChI is InChI=1S/C26H39N5O2/c1-27-15-19-8-10-20(11-9-19)16-28-26(32)23-14-25(29-24-7-5-4-6-22(23)24)31-17-21(18-31)33-13-12-30(2)3/h4-7,14,19-21,27H,8-13,15-18H2,1-3H3,(H,28,32). The zero-order valence-corrected chi connectivity index (χ0v) is 20.3. The van der Waals surface area contributed by atoms with E-state index in [2.05, 4.69) is 34.5 Å². The van der Waals surface area contributed by atoms with E-state index in [0.717, 1.165) is 67.5 Å². The monoisotopic (exact) mass is 453 g/mol.